The van der Waals surface area contributed by atoms with Gasteiger partial charge in [0.05, 0.1) is 11.4 Å². The van der Waals surface area contributed by atoms with Crippen molar-refractivity contribution in [3.05, 3.63) is 56.7 Å². The molecule has 0 atom stereocenters. The number of anilines is 2. The smallest absolute Gasteiger partial charge is 0.143 e. The molecule has 0 aliphatic heterocycles. The van der Waals surface area contributed by atoms with Gasteiger partial charge in [-0.2, -0.15) is 5.26 Å². The fourth-order valence-corrected chi connectivity index (χ4v) is 2.19. The lowest BCUT2D eigenvalue weighted by Crippen LogP contribution is -1.96. The number of nitrogens with zero attached hydrogens (tertiary/aromatic N) is 1. The molecule has 2 rings (SSSR count). The zero-order valence-electron chi connectivity index (χ0n) is 9.05. The lowest BCUT2D eigenvalue weighted by atomic mass is 10.1. The molecule has 0 aliphatic carbocycles. The normalized spacial score (nSPS) is 9.89. The molecule has 0 aliphatic rings. The summed E-state index contributed by atoms with van der Waals surface area (Å²) < 4.78 is 15.2. The van der Waals surface area contributed by atoms with Crippen LogP contribution in [-0.2, 0) is 0 Å². The van der Waals surface area contributed by atoms with Gasteiger partial charge in [-0.15, -0.1) is 0 Å². The molecular formula is C13H7Br2FN2. The number of nitrogens with one attached hydrogen (secondary N) is 1. The van der Waals surface area contributed by atoms with Gasteiger partial charge < -0.3 is 5.32 Å². The highest BCUT2D eigenvalue weighted by atomic mass is 79.9. The van der Waals surface area contributed by atoms with Crippen LogP contribution in [0.5, 0.6) is 0 Å². The minimum Gasteiger partial charge on any atom is -0.353 e. The molecule has 0 fully saturated rings. The van der Waals surface area contributed by atoms with Gasteiger partial charge in [-0.1, -0.05) is 22.0 Å². The van der Waals surface area contributed by atoms with E-state index in [-0.39, 0.29) is 5.56 Å². The maximum atomic E-state index is 13.4. The van der Waals surface area contributed by atoms with E-state index in [0.717, 1.165) is 14.6 Å². The Hall–Kier alpha value is -1.38. The van der Waals surface area contributed by atoms with Gasteiger partial charge in [0.2, 0.25) is 0 Å². The third kappa shape index (κ3) is 2.71. The minimum atomic E-state index is -0.534. The molecule has 2 aromatic carbocycles. The molecule has 0 radical (unpaired) electrons. The van der Waals surface area contributed by atoms with E-state index in [1.165, 1.54) is 6.07 Å². The summed E-state index contributed by atoms with van der Waals surface area (Å²) in [6.07, 6.45) is 0. The average molecular weight is 370 g/mol. The third-order valence-electron chi connectivity index (χ3n) is 2.32. The van der Waals surface area contributed by atoms with Crippen molar-refractivity contribution >= 4 is 43.2 Å². The van der Waals surface area contributed by atoms with Gasteiger partial charge in [0, 0.05) is 8.95 Å². The monoisotopic (exact) mass is 368 g/mol. The summed E-state index contributed by atoms with van der Waals surface area (Å²) in [5.74, 6) is -0.534. The third-order valence-corrected chi connectivity index (χ3v) is 3.51. The SMILES string of the molecule is N#Cc1c(F)cccc1Nc1cc(Br)ccc1Br. The Morgan fingerprint density at radius 3 is 2.61 bits per heavy atom. The van der Waals surface area contributed by atoms with Crippen LogP contribution in [0.4, 0.5) is 15.8 Å². The van der Waals surface area contributed by atoms with E-state index in [1.54, 1.807) is 12.1 Å². The molecule has 2 aromatic rings. The molecule has 90 valence electrons. The van der Waals surface area contributed by atoms with Gasteiger partial charge >= 0.3 is 0 Å². The van der Waals surface area contributed by atoms with Gasteiger partial charge in [0.25, 0.3) is 0 Å². The topological polar surface area (TPSA) is 35.8 Å². The molecule has 5 heteroatoms. The van der Waals surface area contributed by atoms with Crippen LogP contribution >= 0.6 is 31.9 Å². The van der Waals surface area contributed by atoms with Crippen LogP contribution in [-0.4, -0.2) is 0 Å². The van der Waals surface area contributed by atoms with Gasteiger partial charge in [0.15, 0.2) is 0 Å². The maximum Gasteiger partial charge on any atom is 0.143 e. The molecule has 1 N–H and O–H groups in total. The Labute approximate surface area is 121 Å². The number of hydrogen-bond donors (Lipinski definition) is 1. The average Bonchev–Trinajstić information content (AvgIpc) is 2.34. The first-order valence-electron chi connectivity index (χ1n) is 5.02. The first kappa shape index (κ1) is 13.1. The first-order chi connectivity index (χ1) is 8.61. The van der Waals surface area contributed by atoms with E-state index in [9.17, 15) is 4.39 Å². The Bertz CT molecular complexity index is 635. The summed E-state index contributed by atoms with van der Waals surface area (Å²) in [7, 11) is 0. The molecular weight excluding hydrogens is 363 g/mol. The van der Waals surface area contributed by atoms with Crippen LogP contribution in [0.2, 0.25) is 0 Å². The Kier molecular flexibility index (Phi) is 4.00. The number of nitriles is 1. The van der Waals surface area contributed by atoms with E-state index >= 15 is 0 Å². The van der Waals surface area contributed by atoms with Crippen molar-refractivity contribution in [1.82, 2.24) is 0 Å². The molecule has 0 heterocycles. The lowest BCUT2D eigenvalue weighted by Gasteiger charge is -2.10. The summed E-state index contributed by atoms with van der Waals surface area (Å²) in [6.45, 7) is 0. The number of benzene rings is 2. The number of halogens is 3. The highest BCUT2D eigenvalue weighted by Crippen LogP contribution is 2.30. The van der Waals surface area contributed by atoms with Gasteiger partial charge in [-0.05, 0) is 46.3 Å². The van der Waals surface area contributed by atoms with Gasteiger partial charge in [-0.25, -0.2) is 4.39 Å². The van der Waals surface area contributed by atoms with Crippen molar-refractivity contribution in [2.75, 3.05) is 5.32 Å². The summed E-state index contributed by atoms with van der Waals surface area (Å²) in [6, 6.07) is 11.9. The predicted molar refractivity (Wildman–Crippen MR) is 76.2 cm³/mol. The van der Waals surface area contributed by atoms with Crippen LogP contribution in [0.15, 0.2) is 45.3 Å². The zero-order valence-corrected chi connectivity index (χ0v) is 12.2. The van der Waals surface area contributed by atoms with Crippen LogP contribution in [0.1, 0.15) is 5.56 Å². The van der Waals surface area contributed by atoms with Crippen molar-refractivity contribution in [2.45, 2.75) is 0 Å². The first-order valence-corrected chi connectivity index (χ1v) is 6.61. The van der Waals surface area contributed by atoms with Crippen molar-refractivity contribution in [2.24, 2.45) is 0 Å². The van der Waals surface area contributed by atoms with Crippen LogP contribution < -0.4 is 5.32 Å². The van der Waals surface area contributed by atoms with E-state index in [2.05, 4.69) is 37.2 Å². The molecule has 0 saturated heterocycles. The quantitative estimate of drug-likeness (QED) is 0.811. The van der Waals surface area contributed by atoms with E-state index in [0.29, 0.717) is 5.69 Å². The minimum absolute atomic E-state index is 0.00405. The number of rotatable bonds is 2. The summed E-state index contributed by atoms with van der Waals surface area (Å²) >= 11 is 6.75. The fraction of sp³-hybridized carbons (Fsp3) is 0. The van der Waals surface area contributed by atoms with Crippen molar-refractivity contribution in [1.29, 1.82) is 5.26 Å². The molecule has 0 spiro atoms. The van der Waals surface area contributed by atoms with E-state index < -0.39 is 5.82 Å². The van der Waals surface area contributed by atoms with E-state index in [4.69, 9.17) is 5.26 Å². The Morgan fingerprint density at radius 2 is 1.89 bits per heavy atom. The molecule has 2 nitrogen and oxygen atoms in total. The zero-order chi connectivity index (χ0) is 13.1. The van der Waals surface area contributed by atoms with Crippen LogP contribution in [0.3, 0.4) is 0 Å². The second kappa shape index (κ2) is 5.51. The predicted octanol–water partition coefficient (Wildman–Crippen LogP) is 4.97. The van der Waals surface area contributed by atoms with Crippen LogP contribution in [0.25, 0.3) is 0 Å². The Balaban J connectivity index is 2.44. The fourth-order valence-electron chi connectivity index (χ4n) is 1.48. The summed E-state index contributed by atoms with van der Waals surface area (Å²) in [5, 5.41) is 12.0. The van der Waals surface area contributed by atoms with Crippen molar-refractivity contribution in [3.63, 3.8) is 0 Å². The van der Waals surface area contributed by atoms with Crippen molar-refractivity contribution in [3.8, 4) is 6.07 Å². The largest absolute Gasteiger partial charge is 0.353 e. The van der Waals surface area contributed by atoms with Gasteiger partial charge in [0.1, 0.15) is 17.4 Å². The molecule has 0 saturated carbocycles. The maximum absolute atomic E-state index is 13.4. The second-order valence-electron chi connectivity index (χ2n) is 3.52. The van der Waals surface area contributed by atoms with Crippen LogP contribution in [0, 0.1) is 17.1 Å². The molecule has 18 heavy (non-hydrogen) atoms. The highest BCUT2D eigenvalue weighted by Gasteiger charge is 2.09. The molecule has 0 bridgehead atoms. The van der Waals surface area contributed by atoms with E-state index in [1.807, 2.05) is 24.3 Å². The summed E-state index contributed by atoms with van der Waals surface area (Å²) in [4.78, 5) is 0. The lowest BCUT2D eigenvalue weighted by molar-refractivity contribution is 0.624. The standard InChI is InChI=1S/C13H7Br2FN2/c14-8-4-5-10(15)13(6-8)18-12-3-1-2-11(16)9(12)7-17/h1-6,18H. The van der Waals surface area contributed by atoms with Gasteiger partial charge in [-0.3, -0.25) is 0 Å². The highest BCUT2D eigenvalue weighted by molar-refractivity contribution is 9.11. The Morgan fingerprint density at radius 1 is 1.11 bits per heavy atom. The summed E-state index contributed by atoms with van der Waals surface area (Å²) in [5.41, 5.74) is 1.20. The number of hydrogen-bond acceptors (Lipinski definition) is 2. The second-order valence-corrected chi connectivity index (χ2v) is 5.29. The molecule has 0 amide bonds. The molecule has 0 aromatic heterocycles. The molecule has 0 unspecified atom stereocenters. The van der Waals surface area contributed by atoms with Crippen molar-refractivity contribution < 1.29 is 4.39 Å².